The second-order valence-corrected chi connectivity index (χ2v) is 5.47. The summed E-state index contributed by atoms with van der Waals surface area (Å²) in [7, 11) is 1.72. The standard InChI is InChI=1S/C18H18N2O4/c1-4-23-18(22)13-6-7-14(19-11(13)2)12-5-8-16-15(9-12)20(3)17(21)10-24-16/h5-9H,4,10H2,1-3H3. The smallest absolute Gasteiger partial charge is 0.339 e. The predicted octanol–water partition coefficient (Wildman–Crippen LogP) is 2.59. The molecule has 0 saturated heterocycles. The first-order valence-electron chi connectivity index (χ1n) is 7.69. The Kier molecular flexibility index (Phi) is 4.20. The molecule has 0 bridgehead atoms. The summed E-state index contributed by atoms with van der Waals surface area (Å²) in [6.07, 6.45) is 0. The molecule has 0 fully saturated rings. The highest BCUT2D eigenvalue weighted by Crippen LogP contribution is 2.35. The van der Waals surface area contributed by atoms with Crippen LogP contribution in [0.3, 0.4) is 0 Å². The second-order valence-electron chi connectivity index (χ2n) is 5.47. The monoisotopic (exact) mass is 326 g/mol. The van der Waals surface area contributed by atoms with Crippen molar-refractivity contribution < 1.29 is 19.1 Å². The Morgan fingerprint density at radius 3 is 2.83 bits per heavy atom. The molecule has 6 heteroatoms. The van der Waals surface area contributed by atoms with E-state index in [1.807, 2.05) is 18.2 Å². The maximum atomic E-state index is 11.9. The minimum Gasteiger partial charge on any atom is -0.482 e. The maximum Gasteiger partial charge on any atom is 0.339 e. The van der Waals surface area contributed by atoms with E-state index in [9.17, 15) is 9.59 Å². The van der Waals surface area contributed by atoms with Gasteiger partial charge < -0.3 is 14.4 Å². The summed E-state index contributed by atoms with van der Waals surface area (Å²) < 4.78 is 10.4. The highest BCUT2D eigenvalue weighted by Gasteiger charge is 2.23. The Morgan fingerprint density at radius 1 is 1.33 bits per heavy atom. The van der Waals surface area contributed by atoms with E-state index in [1.54, 1.807) is 37.9 Å². The van der Waals surface area contributed by atoms with E-state index in [0.29, 0.717) is 29.3 Å². The van der Waals surface area contributed by atoms with Crippen molar-refractivity contribution in [1.82, 2.24) is 4.98 Å². The third kappa shape index (κ3) is 2.82. The second kappa shape index (κ2) is 6.31. The van der Waals surface area contributed by atoms with E-state index >= 15 is 0 Å². The lowest BCUT2D eigenvalue weighted by Crippen LogP contribution is -2.35. The number of benzene rings is 1. The van der Waals surface area contributed by atoms with E-state index < -0.39 is 0 Å². The molecular weight excluding hydrogens is 308 g/mol. The molecule has 0 unspecified atom stereocenters. The zero-order chi connectivity index (χ0) is 17.3. The summed E-state index contributed by atoms with van der Waals surface area (Å²) in [5, 5.41) is 0. The SMILES string of the molecule is CCOC(=O)c1ccc(-c2ccc3c(c2)N(C)C(=O)CO3)nc1C. The fraction of sp³-hybridized carbons (Fsp3) is 0.278. The van der Waals surface area contributed by atoms with Gasteiger partial charge in [0, 0.05) is 12.6 Å². The fourth-order valence-corrected chi connectivity index (χ4v) is 2.58. The first kappa shape index (κ1) is 16.0. The quantitative estimate of drug-likeness (QED) is 0.811. The fourth-order valence-electron chi connectivity index (χ4n) is 2.58. The molecular formula is C18H18N2O4. The average Bonchev–Trinajstić information content (AvgIpc) is 2.58. The Balaban J connectivity index is 1.97. The van der Waals surface area contributed by atoms with E-state index in [2.05, 4.69) is 4.98 Å². The number of ether oxygens (including phenoxy) is 2. The van der Waals surface area contributed by atoms with Gasteiger partial charge in [0.25, 0.3) is 5.91 Å². The largest absolute Gasteiger partial charge is 0.482 e. The highest BCUT2D eigenvalue weighted by atomic mass is 16.5. The van der Waals surface area contributed by atoms with Crippen LogP contribution < -0.4 is 9.64 Å². The predicted molar refractivity (Wildman–Crippen MR) is 89.3 cm³/mol. The van der Waals surface area contributed by atoms with Gasteiger partial charge in [-0.2, -0.15) is 0 Å². The molecule has 1 aliphatic rings. The third-order valence-electron chi connectivity index (χ3n) is 3.92. The summed E-state index contributed by atoms with van der Waals surface area (Å²) in [5.41, 5.74) is 3.32. The molecule has 0 saturated carbocycles. The number of amides is 1. The number of carbonyl (C=O) groups is 2. The van der Waals surface area contributed by atoms with Gasteiger partial charge in [0.15, 0.2) is 6.61 Å². The number of carbonyl (C=O) groups excluding carboxylic acids is 2. The molecule has 1 aromatic carbocycles. The van der Waals surface area contributed by atoms with Crippen LogP contribution in [0.4, 0.5) is 5.69 Å². The topological polar surface area (TPSA) is 68.7 Å². The van der Waals surface area contributed by atoms with E-state index in [1.165, 1.54) is 0 Å². The summed E-state index contributed by atoms with van der Waals surface area (Å²) in [5.74, 6) is 0.195. The number of esters is 1. The van der Waals surface area contributed by atoms with Crippen LogP contribution in [0.25, 0.3) is 11.3 Å². The van der Waals surface area contributed by atoms with Crippen molar-refractivity contribution in [2.24, 2.45) is 0 Å². The molecule has 0 atom stereocenters. The number of pyridine rings is 1. The summed E-state index contributed by atoms with van der Waals surface area (Å²) in [4.78, 5) is 29.7. The van der Waals surface area contributed by atoms with Crippen molar-refractivity contribution in [1.29, 1.82) is 0 Å². The lowest BCUT2D eigenvalue weighted by atomic mass is 10.1. The molecule has 2 aromatic rings. The molecule has 0 aliphatic carbocycles. The molecule has 24 heavy (non-hydrogen) atoms. The summed E-state index contributed by atoms with van der Waals surface area (Å²) in [6.45, 7) is 3.91. The molecule has 6 nitrogen and oxygen atoms in total. The van der Waals surface area contributed by atoms with Gasteiger partial charge in [-0.3, -0.25) is 9.78 Å². The zero-order valence-electron chi connectivity index (χ0n) is 13.8. The first-order valence-corrected chi connectivity index (χ1v) is 7.69. The Morgan fingerprint density at radius 2 is 2.12 bits per heavy atom. The number of likely N-dealkylation sites (N-methyl/N-ethyl adjacent to an activating group) is 1. The van der Waals surface area contributed by atoms with Crippen LogP contribution >= 0.6 is 0 Å². The zero-order valence-corrected chi connectivity index (χ0v) is 13.8. The number of hydrogen-bond acceptors (Lipinski definition) is 5. The van der Waals surface area contributed by atoms with Crippen molar-refractivity contribution in [3.8, 4) is 17.0 Å². The van der Waals surface area contributed by atoms with E-state index in [4.69, 9.17) is 9.47 Å². The molecule has 124 valence electrons. The normalized spacial score (nSPS) is 13.3. The number of rotatable bonds is 3. The highest BCUT2D eigenvalue weighted by molar-refractivity contribution is 5.98. The van der Waals surface area contributed by atoms with Gasteiger partial charge in [-0.25, -0.2) is 4.79 Å². The lowest BCUT2D eigenvalue weighted by Gasteiger charge is -2.26. The van der Waals surface area contributed by atoms with Gasteiger partial charge in [-0.05, 0) is 44.2 Å². The van der Waals surface area contributed by atoms with Crippen molar-refractivity contribution in [3.05, 3.63) is 41.6 Å². The number of aryl methyl sites for hydroxylation is 1. The molecule has 0 N–H and O–H groups in total. The van der Waals surface area contributed by atoms with Crippen LogP contribution in [0.15, 0.2) is 30.3 Å². The van der Waals surface area contributed by atoms with Crippen molar-refractivity contribution in [2.45, 2.75) is 13.8 Å². The van der Waals surface area contributed by atoms with E-state index in [0.717, 1.165) is 11.3 Å². The molecule has 0 radical (unpaired) electrons. The molecule has 3 rings (SSSR count). The van der Waals surface area contributed by atoms with Gasteiger partial charge in [0.1, 0.15) is 5.75 Å². The lowest BCUT2D eigenvalue weighted by molar-refractivity contribution is -0.120. The van der Waals surface area contributed by atoms with Gasteiger partial charge in [-0.15, -0.1) is 0 Å². The van der Waals surface area contributed by atoms with Crippen molar-refractivity contribution >= 4 is 17.6 Å². The summed E-state index contributed by atoms with van der Waals surface area (Å²) in [6, 6.07) is 9.04. The van der Waals surface area contributed by atoms with Gasteiger partial charge in [0.2, 0.25) is 0 Å². The molecule has 1 aromatic heterocycles. The Bertz CT molecular complexity index is 817. The van der Waals surface area contributed by atoms with Crippen molar-refractivity contribution in [3.63, 3.8) is 0 Å². The first-order chi connectivity index (χ1) is 11.5. The minimum atomic E-state index is -0.377. The van der Waals surface area contributed by atoms with Crippen LogP contribution in [0.5, 0.6) is 5.75 Å². The summed E-state index contributed by atoms with van der Waals surface area (Å²) >= 11 is 0. The molecule has 1 aliphatic heterocycles. The third-order valence-corrected chi connectivity index (χ3v) is 3.92. The van der Waals surface area contributed by atoms with Crippen LogP contribution in [0, 0.1) is 6.92 Å². The van der Waals surface area contributed by atoms with Gasteiger partial charge in [0.05, 0.1) is 29.2 Å². The van der Waals surface area contributed by atoms with Gasteiger partial charge in [-0.1, -0.05) is 0 Å². The molecule has 1 amide bonds. The maximum absolute atomic E-state index is 11.9. The Hall–Kier alpha value is -2.89. The number of anilines is 1. The number of aromatic nitrogens is 1. The molecule has 2 heterocycles. The number of fused-ring (bicyclic) bond motifs is 1. The minimum absolute atomic E-state index is 0.0500. The molecule has 0 spiro atoms. The number of nitrogens with zero attached hydrogens (tertiary/aromatic N) is 2. The van der Waals surface area contributed by atoms with Crippen LogP contribution in [0.1, 0.15) is 23.0 Å². The van der Waals surface area contributed by atoms with Crippen LogP contribution in [-0.4, -0.2) is 37.1 Å². The van der Waals surface area contributed by atoms with Gasteiger partial charge >= 0.3 is 5.97 Å². The number of hydrogen-bond donors (Lipinski definition) is 0. The van der Waals surface area contributed by atoms with E-state index in [-0.39, 0.29) is 18.5 Å². The van der Waals surface area contributed by atoms with Crippen LogP contribution in [0.2, 0.25) is 0 Å². The van der Waals surface area contributed by atoms with Crippen LogP contribution in [-0.2, 0) is 9.53 Å². The Labute approximate surface area is 140 Å². The van der Waals surface area contributed by atoms with Crippen molar-refractivity contribution in [2.75, 3.05) is 25.2 Å². The average molecular weight is 326 g/mol.